The summed E-state index contributed by atoms with van der Waals surface area (Å²) in [4.78, 5) is 32.8. The summed E-state index contributed by atoms with van der Waals surface area (Å²) in [6.45, 7) is -0.283. The van der Waals surface area contributed by atoms with E-state index in [2.05, 4.69) is 10.3 Å². The molecule has 9 nitrogen and oxygen atoms in total. The molecule has 0 atom stereocenters. The van der Waals surface area contributed by atoms with Gasteiger partial charge in [0, 0.05) is 5.92 Å². The van der Waals surface area contributed by atoms with Crippen molar-refractivity contribution in [3.8, 4) is 0 Å². The number of hydrogen-bond donors (Lipinski definition) is 3. The third kappa shape index (κ3) is 2.44. The van der Waals surface area contributed by atoms with Crippen molar-refractivity contribution < 1.29 is 19.5 Å². The van der Waals surface area contributed by atoms with Crippen LogP contribution in [-0.2, 0) is 11.3 Å². The summed E-state index contributed by atoms with van der Waals surface area (Å²) in [6, 6.07) is -0.966. The quantitative estimate of drug-likeness (QED) is 0.631. The third-order valence-corrected chi connectivity index (χ3v) is 2.50. The van der Waals surface area contributed by atoms with Gasteiger partial charge in [-0.2, -0.15) is 0 Å². The first-order chi connectivity index (χ1) is 8.49. The van der Waals surface area contributed by atoms with Gasteiger partial charge in [0.2, 0.25) is 5.91 Å². The van der Waals surface area contributed by atoms with Crippen LogP contribution in [0.3, 0.4) is 0 Å². The minimum Gasteiger partial charge on any atom is -0.476 e. The Morgan fingerprint density at radius 2 is 2.11 bits per heavy atom. The van der Waals surface area contributed by atoms with Crippen molar-refractivity contribution in [3.63, 3.8) is 0 Å². The van der Waals surface area contributed by atoms with Crippen LogP contribution in [0.5, 0.6) is 0 Å². The Morgan fingerprint density at radius 3 is 2.61 bits per heavy atom. The zero-order valence-corrected chi connectivity index (χ0v) is 9.29. The topological polar surface area (TPSA) is 140 Å². The number of aromatic nitrogens is 3. The van der Waals surface area contributed by atoms with E-state index in [9.17, 15) is 14.4 Å². The zero-order valence-electron chi connectivity index (χ0n) is 9.29. The maximum Gasteiger partial charge on any atom is 0.358 e. The predicted octanol–water partition coefficient (Wildman–Crippen LogP) is -0.951. The minimum absolute atomic E-state index is 0.0625. The lowest BCUT2D eigenvalue weighted by molar-refractivity contribution is -0.120. The van der Waals surface area contributed by atoms with Gasteiger partial charge in [-0.1, -0.05) is 5.21 Å². The number of imide groups is 1. The molecule has 1 heterocycles. The number of carbonyl (C=O) groups excluding carboxylic acids is 2. The Kier molecular flexibility index (Phi) is 2.96. The number of amides is 3. The van der Waals surface area contributed by atoms with Gasteiger partial charge >= 0.3 is 12.0 Å². The van der Waals surface area contributed by atoms with E-state index >= 15 is 0 Å². The highest BCUT2D eigenvalue weighted by atomic mass is 16.4. The molecule has 9 heteroatoms. The number of nitrogens with two attached hydrogens (primary N) is 1. The number of aromatic carboxylic acids is 1. The molecular weight excluding hydrogens is 242 g/mol. The predicted molar refractivity (Wildman–Crippen MR) is 56.7 cm³/mol. The molecule has 0 aromatic carbocycles. The van der Waals surface area contributed by atoms with Crippen LogP contribution < -0.4 is 11.1 Å². The van der Waals surface area contributed by atoms with Crippen LogP contribution in [0.4, 0.5) is 4.79 Å². The van der Waals surface area contributed by atoms with E-state index < -0.39 is 17.9 Å². The number of nitrogens with one attached hydrogen (secondary N) is 1. The first kappa shape index (κ1) is 12.0. The molecule has 0 unspecified atom stereocenters. The fraction of sp³-hybridized carbons (Fsp3) is 0.444. The lowest BCUT2D eigenvalue weighted by Crippen LogP contribution is -2.37. The van der Waals surface area contributed by atoms with Crippen LogP contribution in [0, 0.1) is 0 Å². The van der Waals surface area contributed by atoms with E-state index in [1.54, 1.807) is 0 Å². The summed E-state index contributed by atoms with van der Waals surface area (Å²) in [5.74, 6) is -1.78. The molecule has 0 radical (unpaired) electrons. The second-order valence-electron chi connectivity index (χ2n) is 3.97. The molecular formula is C9H11N5O4. The first-order valence-electron chi connectivity index (χ1n) is 5.25. The molecule has 2 rings (SSSR count). The average molecular weight is 253 g/mol. The van der Waals surface area contributed by atoms with Crippen LogP contribution >= 0.6 is 0 Å². The second-order valence-corrected chi connectivity index (χ2v) is 3.97. The molecule has 1 saturated carbocycles. The Balaban J connectivity index is 2.20. The van der Waals surface area contributed by atoms with Crippen LogP contribution in [0.25, 0.3) is 0 Å². The van der Waals surface area contributed by atoms with Crippen LogP contribution in [0.2, 0.25) is 0 Å². The Bertz CT molecular complexity index is 519. The van der Waals surface area contributed by atoms with E-state index in [1.165, 1.54) is 4.68 Å². The van der Waals surface area contributed by atoms with Gasteiger partial charge < -0.3 is 10.8 Å². The summed E-state index contributed by atoms with van der Waals surface area (Å²) >= 11 is 0. The van der Waals surface area contributed by atoms with E-state index in [1.807, 2.05) is 5.32 Å². The van der Waals surface area contributed by atoms with Crippen molar-refractivity contribution in [1.29, 1.82) is 0 Å². The van der Waals surface area contributed by atoms with Crippen molar-refractivity contribution in [1.82, 2.24) is 20.3 Å². The monoisotopic (exact) mass is 253 g/mol. The van der Waals surface area contributed by atoms with Gasteiger partial charge in [0.25, 0.3) is 0 Å². The Labute approximate surface area is 101 Å². The molecule has 1 aromatic heterocycles. The summed E-state index contributed by atoms with van der Waals surface area (Å²) < 4.78 is 1.19. The molecule has 18 heavy (non-hydrogen) atoms. The van der Waals surface area contributed by atoms with Gasteiger partial charge in [0.15, 0.2) is 5.69 Å². The van der Waals surface area contributed by atoms with Crippen LogP contribution in [0.1, 0.15) is 34.9 Å². The van der Waals surface area contributed by atoms with Gasteiger partial charge in [-0.25, -0.2) is 14.3 Å². The van der Waals surface area contributed by atoms with Gasteiger partial charge in [-0.05, 0) is 12.8 Å². The fourth-order valence-corrected chi connectivity index (χ4v) is 1.66. The highest BCUT2D eigenvalue weighted by molar-refractivity contribution is 5.93. The van der Waals surface area contributed by atoms with Crippen molar-refractivity contribution in [2.24, 2.45) is 5.73 Å². The lowest BCUT2D eigenvalue weighted by atomic mass is 10.2. The lowest BCUT2D eigenvalue weighted by Gasteiger charge is -2.05. The van der Waals surface area contributed by atoms with Crippen molar-refractivity contribution in [2.45, 2.75) is 25.3 Å². The minimum atomic E-state index is -1.18. The summed E-state index contributed by atoms with van der Waals surface area (Å²) in [7, 11) is 0. The molecule has 1 aromatic rings. The zero-order chi connectivity index (χ0) is 13.3. The highest BCUT2D eigenvalue weighted by Crippen LogP contribution is 2.41. The molecule has 0 spiro atoms. The molecule has 96 valence electrons. The molecule has 0 aliphatic heterocycles. The fourth-order valence-electron chi connectivity index (χ4n) is 1.66. The third-order valence-electron chi connectivity index (χ3n) is 2.50. The summed E-state index contributed by atoms with van der Waals surface area (Å²) in [5, 5.41) is 18.0. The van der Waals surface area contributed by atoms with Crippen LogP contribution in [0.15, 0.2) is 0 Å². The van der Waals surface area contributed by atoms with E-state index in [0.29, 0.717) is 5.69 Å². The van der Waals surface area contributed by atoms with Gasteiger partial charge in [0.1, 0.15) is 6.54 Å². The Morgan fingerprint density at radius 1 is 1.44 bits per heavy atom. The molecule has 4 N–H and O–H groups in total. The van der Waals surface area contributed by atoms with Gasteiger partial charge in [-0.3, -0.25) is 10.1 Å². The van der Waals surface area contributed by atoms with Crippen molar-refractivity contribution in [2.75, 3.05) is 0 Å². The SMILES string of the molecule is NC(=O)NC(=O)Cn1nnc(C(=O)O)c1C1CC1. The number of primary amides is 1. The summed E-state index contributed by atoms with van der Waals surface area (Å²) in [5.41, 5.74) is 5.07. The average Bonchev–Trinajstić information content (AvgIpc) is 2.99. The molecule has 1 fully saturated rings. The van der Waals surface area contributed by atoms with Gasteiger partial charge in [-0.15, -0.1) is 5.10 Å². The number of nitrogens with zero attached hydrogens (tertiary/aromatic N) is 3. The van der Waals surface area contributed by atoms with Gasteiger partial charge in [0.05, 0.1) is 5.69 Å². The van der Waals surface area contributed by atoms with E-state index in [-0.39, 0.29) is 18.2 Å². The number of urea groups is 1. The standard InChI is InChI=1S/C9H11N5O4/c10-9(18)11-5(15)3-14-7(4-1-2-4)6(8(16)17)12-13-14/h4H,1-3H2,(H,16,17)(H3,10,11,15,18). The number of carboxylic acid groups (broad SMARTS) is 1. The molecule has 1 aliphatic rings. The number of rotatable bonds is 4. The Hall–Kier alpha value is -2.45. The van der Waals surface area contributed by atoms with Crippen LogP contribution in [-0.4, -0.2) is 38.0 Å². The maximum atomic E-state index is 11.3. The molecule has 0 bridgehead atoms. The first-order valence-corrected chi connectivity index (χ1v) is 5.25. The number of carbonyl (C=O) groups is 3. The smallest absolute Gasteiger partial charge is 0.358 e. The molecule has 0 saturated heterocycles. The largest absolute Gasteiger partial charge is 0.476 e. The molecule has 3 amide bonds. The van der Waals surface area contributed by atoms with E-state index in [4.69, 9.17) is 10.8 Å². The number of carboxylic acids is 1. The molecule has 1 aliphatic carbocycles. The number of hydrogen-bond acceptors (Lipinski definition) is 5. The van der Waals surface area contributed by atoms with Crippen molar-refractivity contribution in [3.05, 3.63) is 11.4 Å². The normalized spacial score (nSPS) is 14.2. The summed E-state index contributed by atoms with van der Waals surface area (Å²) in [6.07, 6.45) is 1.68. The maximum absolute atomic E-state index is 11.3. The van der Waals surface area contributed by atoms with Crippen molar-refractivity contribution >= 4 is 17.9 Å². The highest BCUT2D eigenvalue weighted by Gasteiger charge is 2.34. The second kappa shape index (κ2) is 4.43. The van der Waals surface area contributed by atoms with E-state index in [0.717, 1.165) is 12.8 Å².